The molecule has 2 aliphatic rings. The molecule has 0 saturated carbocycles. The minimum Gasteiger partial charge on any atom is -0.368 e. The lowest BCUT2D eigenvalue weighted by Crippen LogP contribution is -2.42. The van der Waals surface area contributed by atoms with Gasteiger partial charge in [0.1, 0.15) is 7.85 Å². The minimum atomic E-state index is 0.161. The molecule has 0 amide bonds. The fraction of sp³-hybridized carbons (Fsp3) is 0.600. The quantitative estimate of drug-likeness (QED) is 0.485. The highest BCUT2D eigenvalue weighted by molar-refractivity contribution is 6.33. The summed E-state index contributed by atoms with van der Waals surface area (Å²) in [5, 5.41) is 0. The first kappa shape index (κ1) is 11.3. The lowest BCUT2D eigenvalue weighted by atomic mass is 9.62. The van der Waals surface area contributed by atoms with Crippen LogP contribution in [0, 0.1) is 6.92 Å². The van der Waals surface area contributed by atoms with Gasteiger partial charge in [-0.05, 0) is 18.1 Å². The van der Waals surface area contributed by atoms with Crippen LogP contribution in [0.3, 0.4) is 0 Å². The van der Waals surface area contributed by atoms with Gasteiger partial charge in [0, 0.05) is 10.8 Å². The Hall–Kier alpha value is -0.755. The summed E-state index contributed by atoms with van der Waals surface area (Å²) in [6, 6.07) is 4.76. The summed E-state index contributed by atoms with van der Waals surface area (Å²) < 4.78 is 5.97. The van der Waals surface area contributed by atoms with E-state index in [4.69, 9.17) is 4.74 Å². The SMILES string of the molecule is Bc1cc2c(cc1C)C(C)(C)C1OC1C2(C)C. The van der Waals surface area contributed by atoms with E-state index in [0.29, 0.717) is 12.2 Å². The first-order valence-electron chi connectivity index (χ1n) is 6.54. The Kier molecular flexibility index (Phi) is 1.98. The number of aryl methyl sites for hydroxylation is 1. The molecular weight excluding hydrogens is 207 g/mol. The van der Waals surface area contributed by atoms with E-state index in [0.717, 1.165) is 0 Å². The van der Waals surface area contributed by atoms with E-state index in [-0.39, 0.29) is 10.8 Å². The van der Waals surface area contributed by atoms with Crippen LogP contribution in [0.1, 0.15) is 44.4 Å². The molecule has 1 nitrogen and oxygen atoms in total. The van der Waals surface area contributed by atoms with Gasteiger partial charge in [-0.3, -0.25) is 0 Å². The van der Waals surface area contributed by atoms with E-state index in [1.165, 1.54) is 22.2 Å². The maximum Gasteiger partial charge on any atom is 0.139 e. The fourth-order valence-corrected chi connectivity index (χ4v) is 3.40. The van der Waals surface area contributed by atoms with Gasteiger partial charge in [-0.2, -0.15) is 0 Å². The lowest BCUT2D eigenvalue weighted by Gasteiger charge is -2.39. The highest BCUT2D eigenvalue weighted by Crippen LogP contribution is 2.56. The molecule has 90 valence electrons. The molecular formula is C15H21BO. The van der Waals surface area contributed by atoms with Crippen LogP contribution in [0.5, 0.6) is 0 Å². The monoisotopic (exact) mass is 228 g/mol. The Morgan fingerprint density at radius 2 is 1.47 bits per heavy atom. The topological polar surface area (TPSA) is 12.5 Å². The van der Waals surface area contributed by atoms with Crippen molar-refractivity contribution in [2.75, 3.05) is 0 Å². The van der Waals surface area contributed by atoms with E-state index >= 15 is 0 Å². The molecule has 1 aliphatic heterocycles. The van der Waals surface area contributed by atoms with Gasteiger partial charge in [0.25, 0.3) is 0 Å². The Balaban J connectivity index is 2.29. The first-order valence-corrected chi connectivity index (χ1v) is 6.54. The normalized spacial score (nSPS) is 31.6. The predicted octanol–water partition coefficient (Wildman–Crippen LogP) is 1.59. The average Bonchev–Trinajstić information content (AvgIpc) is 3.00. The van der Waals surface area contributed by atoms with Gasteiger partial charge in [-0.15, -0.1) is 0 Å². The van der Waals surface area contributed by atoms with Gasteiger partial charge in [-0.25, -0.2) is 0 Å². The van der Waals surface area contributed by atoms with Crippen LogP contribution in [-0.2, 0) is 15.6 Å². The molecule has 1 fully saturated rings. The van der Waals surface area contributed by atoms with Gasteiger partial charge in [0.05, 0.1) is 12.2 Å². The maximum absolute atomic E-state index is 5.97. The molecule has 1 aliphatic carbocycles. The molecule has 1 aromatic carbocycles. The summed E-state index contributed by atoms with van der Waals surface area (Å²) in [6.45, 7) is 11.5. The number of rotatable bonds is 0. The Labute approximate surface area is 105 Å². The van der Waals surface area contributed by atoms with Crippen molar-refractivity contribution in [3.8, 4) is 0 Å². The third kappa shape index (κ3) is 1.31. The van der Waals surface area contributed by atoms with Crippen LogP contribution in [0.15, 0.2) is 12.1 Å². The van der Waals surface area contributed by atoms with Crippen LogP contribution in [0.4, 0.5) is 0 Å². The maximum atomic E-state index is 5.97. The molecule has 2 heteroatoms. The largest absolute Gasteiger partial charge is 0.368 e. The van der Waals surface area contributed by atoms with Gasteiger partial charge in [-0.1, -0.05) is 50.9 Å². The van der Waals surface area contributed by atoms with E-state index in [9.17, 15) is 0 Å². The standard InChI is InChI=1S/C15H21BO/c1-8-6-9-10(7-11(8)16)15(4,5)13-12(17-13)14(9,2)3/h6-7,12-13H,16H2,1-5H3. The molecule has 1 aromatic rings. The molecule has 17 heavy (non-hydrogen) atoms. The Morgan fingerprint density at radius 3 is 2.00 bits per heavy atom. The summed E-state index contributed by atoms with van der Waals surface area (Å²) >= 11 is 0. The van der Waals surface area contributed by atoms with Crippen LogP contribution < -0.4 is 5.46 Å². The molecule has 1 heterocycles. The minimum absolute atomic E-state index is 0.161. The molecule has 2 atom stereocenters. The second kappa shape index (κ2) is 2.98. The average molecular weight is 228 g/mol. The molecule has 1 saturated heterocycles. The zero-order valence-corrected chi connectivity index (χ0v) is 11.7. The van der Waals surface area contributed by atoms with E-state index < -0.39 is 0 Å². The van der Waals surface area contributed by atoms with Crippen molar-refractivity contribution < 1.29 is 4.74 Å². The Bertz CT molecular complexity index is 457. The van der Waals surface area contributed by atoms with Crippen molar-refractivity contribution in [1.82, 2.24) is 0 Å². The predicted molar refractivity (Wildman–Crippen MR) is 74.1 cm³/mol. The summed E-state index contributed by atoms with van der Waals surface area (Å²) in [6.07, 6.45) is 0.819. The smallest absolute Gasteiger partial charge is 0.139 e. The number of hydrogen-bond donors (Lipinski definition) is 0. The van der Waals surface area contributed by atoms with Gasteiger partial charge in [0.2, 0.25) is 0 Å². The van der Waals surface area contributed by atoms with Crippen molar-refractivity contribution in [1.29, 1.82) is 0 Å². The second-order valence-electron chi connectivity index (χ2n) is 6.90. The zero-order chi connectivity index (χ0) is 12.6. The molecule has 0 aromatic heterocycles. The van der Waals surface area contributed by atoms with Gasteiger partial charge in [0.15, 0.2) is 0 Å². The zero-order valence-electron chi connectivity index (χ0n) is 11.7. The molecule has 0 N–H and O–H groups in total. The molecule has 3 rings (SSSR count). The van der Waals surface area contributed by atoms with E-state index in [1.54, 1.807) is 0 Å². The number of ether oxygens (including phenoxy) is 1. The van der Waals surface area contributed by atoms with Crippen LogP contribution >= 0.6 is 0 Å². The van der Waals surface area contributed by atoms with Crippen LogP contribution in [0.2, 0.25) is 0 Å². The molecule has 0 radical (unpaired) electrons. The highest BCUT2D eigenvalue weighted by atomic mass is 16.6. The van der Waals surface area contributed by atoms with Gasteiger partial charge >= 0.3 is 0 Å². The molecule has 0 bridgehead atoms. The number of fused-ring (bicyclic) bond motifs is 2. The highest BCUT2D eigenvalue weighted by Gasteiger charge is 2.62. The Morgan fingerprint density at radius 1 is 1.00 bits per heavy atom. The van der Waals surface area contributed by atoms with Crippen LogP contribution in [-0.4, -0.2) is 20.1 Å². The molecule has 0 spiro atoms. The molecule has 2 unspecified atom stereocenters. The van der Waals surface area contributed by atoms with Crippen molar-refractivity contribution in [2.45, 2.75) is 57.7 Å². The number of benzene rings is 1. The van der Waals surface area contributed by atoms with Crippen molar-refractivity contribution >= 4 is 13.3 Å². The lowest BCUT2D eigenvalue weighted by molar-refractivity contribution is 0.296. The summed E-state index contributed by atoms with van der Waals surface area (Å²) in [7, 11) is 2.21. The third-order valence-electron chi connectivity index (χ3n) is 4.94. The first-order chi connectivity index (χ1) is 7.76. The van der Waals surface area contributed by atoms with E-state index in [1.807, 2.05) is 0 Å². The van der Waals surface area contributed by atoms with Crippen molar-refractivity contribution in [3.63, 3.8) is 0 Å². The van der Waals surface area contributed by atoms with Crippen molar-refractivity contribution in [3.05, 3.63) is 28.8 Å². The summed E-state index contributed by atoms with van der Waals surface area (Å²) in [4.78, 5) is 0. The summed E-state index contributed by atoms with van der Waals surface area (Å²) in [5.74, 6) is 0. The fourth-order valence-electron chi connectivity index (χ4n) is 3.40. The van der Waals surface area contributed by atoms with Crippen molar-refractivity contribution in [2.24, 2.45) is 0 Å². The van der Waals surface area contributed by atoms with E-state index in [2.05, 4.69) is 54.6 Å². The second-order valence-corrected chi connectivity index (χ2v) is 6.90. The van der Waals surface area contributed by atoms with Crippen LogP contribution in [0.25, 0.3) is 0 Å². The number of epoxide rings is 1. The van der Waals surface area contributed by atoms with Gasteiger partial charge < -0.3 is 4.74 Å². The number of hydrogen-bond acceptors (Lipinski definition) is 1. The summed E-state index contributed by atoms with van der Waals surface area (Å²) in [5.41, 5.74) is 6.09. The third-order valence-corrected chi connectivity index (χ3v) is 4.94.